The second-order valence-corrected chi connectivity index (χ2v) is 6.74. The van der Waals surface area contributed by atoms with Crippen molar-refractivity contribution in [2.45, 2.75) is 45.7 Å². The molecule has 0 aliphatic heterocycles. The topological polar surface area (TPSA) is 148 Å². The summed E-state index contributed by atoms with van der Waals surface area (Å²) in [5.74, 6) is -7.25. The summed E-state index contributed by atoms with van der Waals surface area (Å²) in [5, 5.41) is 14.1. The van der Waals surface area contributed by atoms with Crippen molar-refractivity contribution < 1.29 is 42.9 Å². The van der Waals surface area contributed by atoms with Gasteiger partial charge in [0.25, 0.3) is 0 Å². The van der Waals surface area contributed by atoms with E-state index in [-0.39, 0.29) is 25.2 Å². The fourth-order valence-corrected chi connectivity index (χ4v) is 2.91. The molecular weight excluding hydrogens is 427 g/mol. The highest BCUT2D eigenvalue weighted by Crippen LogP contribution is 2.15. The summed E-state index contributed by atoms with van der Waals surface area (Å²) in [7, 11) is 0. The van der Waals surface area contributed by atoms with E-state index in [4.69, 9.17) is 9.47 Å². The van der Waals surface area contributed by atoms with E-state index in [0.29, 0.717) is 0 Å². The van der Waals surface area contributed by atoms with Gasteiger partial charge in [-0.1, -0.05) is 18.2 Å². The highest BCUT2D eigenvalue weighted by Gasteiger charge is 2.39. The van der Waals surface area contributed by atoms with Crippen LogP contribution < -0.4 is 10.6 Å². The lowest BCUT2D eigenvalue weighted by Gasteiger charge is -2.25. The fourth-order valence-electron chi connectivity index (χ4n) is 2.91. The van der Waals surface area contributed by atoms with Gasteiger partial charge in [0.1, 0.15) is 17.9 Å². The number of carboxylic acids is 1. The highest BCUT2D eigenvalue weighted by atomic mass is 19.1. The molecule has 0 spiro atoms. The Labute approximate surface area is 184 Å². The maximum Gasteiger partial charge on any atom is 0.327 e. The molecule has 3 atom stereocenters. The molecule has 1 aromatic carbocycles. The van der Waals surface area contributed by atoms with Gasteiger partial charge in [-0.25, -0.2) is 9.18 Å². The van der Waals surface area contributed by atoms with Gasteiger partial charge in [-0.05, 0) is 25.5 Å². The van der Waals surface area contributed by atoms with Gasteiger partial charge in [0, 0.05) is 13.3 Å². The Morgan fingerprint density at radius 2 is 1.66 bits per heavy atom. The smallest absolute Gasteiger partial charge is 0.327 e. The first-order valence-electron chi connectivity index (χ1n) is 9.96. The minimum atomic E-state index is -1.86. The van der Waals surface area contributed by atoms with Crippen LogP contribution >= 0.6 is 0 Å². The first kappa shape index (κ1) is 26.5. The number of hydrogen-bond acceptors (Lipinski definition) is 7. The number of amides is 2. The maximum absolute atomic E-state index is 14.0. The van der Waals surface area contributed by atoms with E-state index in [9.17, 15) is 33.5 Å². The maximum atomic E-state index is 14.0. The zero-order valence-corrected chi connectivity index (χ0v) is 18.1. The fraction of sp³-hybridized carbons (Fsp3) is 0.476. The molecule has 0 fully saturated rings. The number of aliphatic carboxylic acids is 1. The molecule has 0 aromatic heterocycles. The van der Waals surface area contributed by atoms with Gasteiger partial charge in [0.2, 0.25) is 11.8 Å². The van der Waals surface area contributed by atoms with Gasteiger partial charge in [-0.3, -0.25) is 19.2 Å². The Morgan fingerprint density at radius 3 is 2.19 bits per heavy atom. The van der Waals surface area contributed by atoms with Crippen LogP contribution in [0, 0.1) is 11.7 Å². The first-order valence-corrected chi connectivity index (χ1v) is 9.96. The summed E-state index contributed by atoms with van der Waals surface area (Å²) in [6.07, 6.45) is -0.922. The number of ether oxygens (including phenoxy) is 2. The molecule has 0 heterocycles. The van der Waals surface area contributed by atoms with Crippen LogP contribution in [0.3, 0.4) is 0 Å². The third kappa shape index (κ3) is 8.32. The number of rotatable bonds is 12. The normalized spacial score (nSPS) is 13.2. The monoisotopic (exact) mass is 454 g/mol. The molecule has 0 aliphatic rings. The molecule has 0 radical (unpaired) electrons. The first-order chi connectivity index (χ1) is 15.1. The van der Waals surface area contributed by atoms with E-state index in [1.807, 2.05) is 0 Å². The SMILES string of the molecule is CCOC(=O)C[C@@H](C(=O)OCC)[C@H](NC(=O)[C@@H](Cc1ccccc1F)NC(C)=O)C(=O)O. The van der Waals surface area contributed by atoms with Crippen LogP contribution in [0.15, 0.2) is 24.3 Å². The average molecular weight is 454 g/mol. The predicted octanol–water partition coefficient (Wildman–Crippen LogP) is 0.575. The predicted molar refractivity (Wildman–Crippen MR) is 109 cm³/mol. The van der Waals surface area contributed by atoms with Gasteiger partial charge < -0.3 is 25.2 Å². The molecule has 0 bridgehead atoms. The summed E-state index contributed by atoms with van der Waals surface area (Å²) in [6, 6.07) is 2.38. The molecule has 2 amide bonds. The van der Waals surface area contributed by atoms with Crippen molar-refractivity contribution in [1.82, 2.24) is 10.6 Å². The van der Waals surface area contributed by atoms with Crippen LogP contribution in [-0.4, -0.2) is 60.1 Å². The van der Waals surface area contributed by atoms with Crippen LogP contribution in [0.2, 0.25) is 0 Å². The molecule has 0 saturated carbocycles. The van der Waals surface area contributed by atoms with E-state index in [2.05, 4.69) is 10.6 Å². The molecule has 3 N–H and O–H groups in total. The van der Waals surface area contributed by atoms with Gasteiger partial charge in [-0.15, -0.1) is 0 Å². The van der Waals surface area contributed by atoms with Crippen molar-refractivity contribution in [3.63, 3.8) is 0 Å². The van der Waals surface area contributed by atoms with Gasteiger partial charge in [0.05, 0.1) is 25.6 Å². The second-order valence-electron chi connectivity index (χ2n) is 6.74. The third-order valence-corrected chi connectivity index (χ3v) is 4.32. The number of carboxylic acid groups (broad SMARTS) is 1. The van der Waals surface area contributed by atoms with Crippen molar-refractivity contribution >= 4 is 29.7 Å². The lowest BCUT2D eigenvalue weighted by atomic mass is 9.95. The van der Waals surface area contributed by atoms with Gasteiger partial charge >= 0.3 is 17.9 Å². The highest BCUT2D eigenvalue weighted by molar-refractivity contribution is 5.93. The average Bonchev–Trinajstić information content (AvgIpc) is 2.71. The minimum Gasteiger partial charge on any atom is -0.480 e. The van der Waals surface area contributed by atoms with Crippen molar-refractivity contribution in [1.29, 1.82) is 0 Å². The number of halogens is 1. The Hall–Kier alpha value is -3.50. The third-order valence-electron chi connectivity index (χ3n) is 4.32. The molecule has 1 rings (SSSR count). The summed E-state index contributed by atoms with van der Waals surface area (Å²) in [5.41, 5.74) is 0.113. The summed E-state index contributed by atoms with van der Waals surface area (Å²) < 4.78 is 23.7. The Balaban J connectivity index is 3.16. The molecule has 0 saturated heterocycles. The Morgan fingerprint density at radius 1 is 1.03 bits per heavy atom. The van der Waals surface area contributed by atoms with E-state index in [1.165, 1.54) is 38.1 Å². The summed E-state index contributed by atoms with van der Waals surface area (Å²) in [4.78, 5) is 60.5. The van der Waals surface area contributed by atoms with Gasteiger partial charge in [0.15, 0.2) is 0 Å². The molecule has 0 unspecified atom stereocenters. The van der Waals surface area contributed by atoms with Crippen LogP contribution in [0.25, 0.3) is 0 Å². The van der Waals surface area contributed by atoms with Crippen molar-refractivity contribution in [2.75, 3.05) is 13.2 Å². The number of esters is 2. The number of carbonyl (C=O) groups is 5. The summed E-state index contributed by atoms with van der Waals surface area (Å²) >= 11 is 0. The molecule has 0 aliphatic carbocycles. The van der Waals surface area contributed by atoms with Crippen LogP contribution in [-0.2, 0) is 39.9 Å². The zero-order chi connectivity index (χ0) is 24.3. The largest absolute Gasteiger partial charge is 0.480 e. The molecule has 10 nitrogen and oxygen atoms in total. The van der Waals surface area contributed by atoms with Crippen LogP contribution in [0.1, 0.15) is 32.8 Å². The van der Waals surface area contributed by atoms with Crippen LogP contribution in [0.4, 0.5) is 4.39 Å². The van der Waals surface area contributed by atoms with Crippen molar-refractivity contribution in [2.24, 2.45) is 5.92 Å². The quantitative estimate of drug-likeness (QED) is 0.388. The van der Waals surface area contributed by atoms with Gasteiger partial charge in [-0.2, -0.15) is 0 Å². The molecule has 1 aromatic rings. The van der Waals surface area contributed by atoms with Crippen molar-refractivity contribution in [3.05, 3.63) is 35.6 Å². The standard InChI is InChI=1S/C21H27FN2O8/c1-4-31-17(26)11-14(21(30)32-5-2)18(20(28)29)24-19(27)16(23-12(3)25)10-13-8-6-7-9-15(13)22/h6-9,14,16,18H,4-5,10-11H2,1-3H3,(H,23,25)(H,24,27)(H,28,29)/t14-,16-,18+/m1/s1. The molecular formula is C21H27FN2O8. The second kappa shape index (κ2) is 13.0. The Bertz CT molecular complexity index is 845. The number of benzene rings is 1. The van der Waals surface area contributed by atoms with E-state index in [1.54, 1.807) is 0 Å². The van der Waals surface area contributed by atoms with E-state index >= 15 is 0 Å². The zero-order valence-electron chi connectivity index (χ0n) is 18.1. The lowest BCUT2D eigenvalue weighted by molar-refractivity contribution is -0.160. The van der Waals surface area contributed by atoms with Crippen molar-refractivity contribution in [3.8, 4) is 0 Å². The van der Waals surface area contributed by atoms with Crippen LogP contribution in [0.5, 0.6) is 0 Å². The lowest BCUT2D eigenvalue weighted by Crippen LogP contribution is -2.56. The molecule has 176 valence electrons. The van der Waals surface area contributed by atoms with E-state index in [0.717, 1.165) is 6.92 Å². The number of carbonyl (C=O) groups excluding carboxylic acids is 4. The van der Waals surface area contributed by atoms with E-state index < -0.39 is 60.0 Å². The molecule has 11 heteroatoms. The number of hydrogen-bond donors (Lipinski definition) is 3. The summed E-state index contributed by atoms with van der Waals surface area (Å²) in [6.45, 7) is 4.09. The minimum absolute atomic E-state index is 0.00568. The molecule has 32 heavy (non-hydrogen) atoms. The Kier molecular flexibility index (Phi) is 10.8. The number of nitrogens with one attached hydrogen (secondary N) is 2.